The molecule has 0 saturated carbocycles. The monoisotopic (exact) mass is 311 g/mol. The van der Waals surface area contributed by atoms with E-state index in [1.165, 1.54) is 10.3 Å². The molecule has 1 aromatic rings. The van der Waals surface area contributed by atoms with E-state index in [9.17, 15) is 19.2 Å². The van der Waals surface area contributed by atoms with Gasteiger partial charge >= 0.3 is 5.97 Å². The molecule has 2 N–H and O–H groups in total. The third-order valence-corrected chi connectivity index (χ3v) is 3.81. The summed E-state index contributed by atoms with van der Waals surface area (Å²) < 4.78 is 4.60. The van der Waals surface area contributed by atoms with Crippen molar-refractivity contribution in [2.24, 2.45) is 11.7 Å². The average Bonchev–Trinajstić information content (AvgIpc) is 3.04. The van der Waals surface area contributed by atoms with Crippen LogP contribution in [-0.2, 0) is 19.1 Å². The Bertz CT molecular complexity index is 612. The highest BCUT2D eigenvalue weighted by Gasteiger charge is 2.35. The number of nitrogens with zero attached hydrogens (tertiary/aromatic N) is 2. The zero-order valence-electron chi connectivity index (χ0n) is 11.2. The Hall–Kier alpha value is -2.29. The van der Waals surface area contributed by atoms with Gasteiger partial charge in [-0.25, -0.2) is 9.78 Å². The van der Waals surface area contributed by atoms with Crippen molar-refractivity contribution in [3.05, 3.63) is 11.1 Å². The lowest BCUT2D eigenvalue weighted by Gasteiger charge is -2.11. The van der Waals surface area contributed by atoms with Gasteiger partial charge in [0.25, 0.3) is 5.78 Å². The van der Waals surface area contributed by atoms with Gasteiger partial charge in [-0.15, -0.1) is 11.3 Å². The van der Waals surface area contributed by atoms with Gasteiger partial charge in [0.2, 0.25) is 11.8 Å². The maximum atomic E-state index is 11.8. The van der Waals surface area contributed by atoms with Crippen molar-refractivity contribution in [3.63, 3.8) is 0 Å². The molecule has 2 amide bonds. The van der Waals surface area contributed by atoms with Gasteiger partial charge in [0.1, 0.15) is 5.69 Å². The number of thiazole rings is 1. The number of hydrogen-bond acceptors (Lipinski definition) is 7. The first-order valence-corrected chi connectivity index (χ1v) is 7.08. The molecule has 0 aromatic carbocycles. The van der Waals surface area contributed by atoms with E-state index in [4.69, 9.17) is 5.73 Å². The molecule has 1 aliphatic heterocycles. The molecule has 8 nitrogen and oxygen atoms in total. The van der Waals surface area contributed by atoms with E-state index in [1.807, 2.05) is 0 Å². The Balaban J connectivity index is 2.13. The molecule has 1 atom stereocenters. The van der Waals surface area contributed by atoms with Gasteiger partial charge in [0.05, 0.1) is 12.5 Å². The van der Waals surface area contributed by atoms with E-state index in [0.717, 1.165) is 11.3 Å². The van der Waals surface area contributed by atoms with Crippen LogP contribution >= 0.6 is 11.3 Å². The minimum atomic E-state index is -0.989. The van der Waals surface area contributed by atoms with Crippen LogP contribution in [0, 0.1) is 5.92 Å². The SMILES string of the molecule is CCOC(=O)C(=O)c1csc(N2CC(C(N)=O)CC2=O)n1. The smallest absolute Gasteiger partial charge is 0.381 e. The summed E-state index contributed by atoms with van der Waals surface area (Å²) in [4.78, 5) is 51.2. The average molecular weight is 311 g/mol. The summed E-state index contributed by atoms with van der Waals surface area (Å²) in [7, 11) is 0. The van der Waals surface area contributed by atoms with E-state index >= 15 is 0 Å². The number of nitrogens with two attached hydrogens (primary N) is 1. The third kappa shape index (κ3) is 3.07. The quantitative estimate of drug-likeness (QED) is 0.454. The summed E-state index contributed by atoms with van der Waals surface area (Å²) in [6, 6.07) is 0. The molecule has 1 unspecified atom stereocenters. The third-order valence-electron chi connectivity index (χ3n) is 2.94. The molecule has 0 bridgehead atoms. The second-order valence-corrected chi connectivity index (χ2v) is 5.21. The van der Waals surface area contributed by atoms with Gasteiger partial charge in [0.15, 0.2) is 5.13 Å². The van der Waals surface area contributed by atoms with E-state index in [-0.39, 0.29) is 36.3 Å². The van der Waals surface area contributed by atoms with Crippen LogP contribution in [-0.4, -0.2) is 41.7 Å². The molecule has 9 heteroatoms. The summed E-state index contributed by atoms with van der Waals surface area (Å²) in [5.41, 5.74) is 5.10. The minimum Gasteiger partial charge on any atom is -0.460 e. The van der Waals surface area contributed by atoms with Crippen molar-refractivity contribution in [1.82, 2.24) is 4.98 Å². The van der Waals surface area contributed by atoms with Gasteiger partial charge in [-0.2, -0.15) is 0 Å². The number of ketones is 1. The first-order valence-electron chi connectivity index (χ1n) is 6.20. The van der Waals surface area contributed by atoms with Crippen molar-refractivity contribution in [2.45, 2.75) is 13.3 Å². The number of Topliss-reactive ketones (excluding diaryl/α,β-unsaturated/α-hetero) is 1. The molecule has 0 aliphatic carbocycles. The summed E-state index contributed by atoms with van der Waals surface area (Å²) in [6.45, 7) is 1.81. The minimum absolute atomic E-state index is 0.0239. The van der Waals surface area contributed by atoms with Crippen LogP contribution in [0.25, 0.3) is 0 Å². The second kappa shape index (κ2) is 6.00. The molecule has 2 rings (SSSR count). The summed E-state index contributed by atoms with van der Waals surface area (Å²) in [5, 5.41) is 1.64. The molecule has 112 valence electrons. The van der Waals surface area contributed by atoms with Crippen LogP contribution in [0.2, 0.25) is 0 Å². The molecule has 1 aliphatic rings. The number of rotatable bonds is 5. The van der Waals surface area contributed by atoms with E-state index in [0.29, 0.717) is 0 Å². The molecule has 1 aromatic heterocycles. The Morgan fingerprint density at radius 1 is 1.52 bits per heavy atom. The van der Waals surface area contributed by atoms with Gasteiger partial charge in [-0.1, -0.05) is 0 Å². The summed E-state index contributed by atoms with van der Waals surface area (Å²) >= 11 is 1.04. The predicted octanol–water partition coefficient (Wildman–Crippen LogP) is -0.273. The zero-order chi connectivity index (χ0) is 15.6. The van der Waals surface area contributed by atoms with Crippen molar-refractivity contribution in [3.8, 4) is 0 Å². The van der Waals surface area contributed by atoms with E-state index in [1.54, 1.807) is 6.92 Å². The van der Waals surface area contributed by atoms with Crippen molar-refractivity contribution >= 4 is 40.0 Å². The molecule has 0 spiro atoms. The Morgan fingerprint density at radius 3 is 2.81 bits per heavy atom. The highest BCUT2D eigenvalue weighted by Crippen LogP contribution is 2.28. The van der Waals surface area contributed by atoms with Crippen molar-refractivity contribution < 1.29 is 23.9 Å². The van der Waals surface area contributed by atoms with Crippen LogP contribution < -0.4 is 10.6 Å². The Labute approximate surface area is 123 Å². The highest BCUT2D eigenvalue weighted by atomic mass is 32.1. The maximum absolute atomic E-state index is 11.8. The molecular weight excluding hydrogens is 298 g/mol. The molecule has 1 fully saturated rings. The fraction of sp³-hybridized carbons (Fsp3) is 0.417. The zero-order valence-corrected chi connectivity index (χ0v) is 12.0. The Morgan fingerprint density at radius 2 is 2.24 bits per heavy atom. The van der Waals surface area contributed by atoms with Crippen molar-refractivity contribution in [1.29, 1.82) is 0 Å². The lowest BCUT2D eigenvalue weighted by atomic mass is 10.1. The van der Waals surface area contributed by atoms with Crippen LogP contribution in [0.4, 0.5) is 5.13 Å². The largest absolute Gasteiger partial charge is 0.460 e. The van der Waals surface area contributed by atoms with Crippen molar-refractivity contribution in [2.75, 3.05) is 18.1 Å². The topological polar surface area (TPSA) is 120 Å². The standard InChI is InChI=1S/C12H13N3O5S/c1-2-20-11(19)9(17)7-5-21-12(14-7)15-4-6(10(13)18)3-8(15)16/h5-6H,2-4H2,1H3,(H2,13,18). The number of primary amides is 1. The lowest BCUT2D eigenvalue weighted by Crippen LogP contribution is -2.28. The van der Waals surface area contributed by atoms with E-state index in [2.05, 4.69) is 9.72 Å². The predicted molar refractivity (Wildman–Crippen MR) is 72.7 cm³/mol. The van der Waals surface area contributed by atoms with E-state index < -0.39 is 23.6 Å². The maximum Gasteiger partial charge on any atom is 0.381 e. The number of carbonyl (C=O) groups is 4. The highest BCUT2D eigenvalue weighted by molar-refractivity contribution is 7.14. The fourth-order valence-corrected chi connectivity index (χ4v) is 2.71. The number of ether oxygens (including phenoxy) is 1. The first kappa shape index (κ1) is 15.1. The normalized spacial score (nSPS) is 17.9. The van der Waals surface area contributed by atoms with Crippen LogP contribution in [0.1, 0.15) is 23.8 Å². The van der Waals surface area contributed by atoms with Crippen LogP contribution in [0.3, 0.4) is 0 Å². The number of esters is 1. The van der Waals surface area contributed by atoms with Crippen LogP contribution in [0.5, 0.6) is 0 Å². The van der Waals surface area contributed by atoms with Gasteiger partial charge < -0.3 is 10.5 Å². The molecule has 21 heavy (non-hydrogen) atoms. The first-order chi connectivity index (χ1) is 9.93. The fourth-order valence-electron chi connectivity index (χ4n) is 1.88. The molecular formula is C12H13N3O5S. The number of amides is 2. The number of anilines is 1. The number of hydrogen-bond donors (Lipinski definition) is 1. The summed E-state index contributed by atoms with van der Waals surface area (Å²) in [5.74, 6) is -3.26. The summed E-state index contributed by atoms with van der Waals surface area (Å²) in [6.07, 6.45) is 0.0239. The molecule has 0 radical (unpaired) electrons. The molecule has 2 heterocycles. The number of carbonyl (C=O) groups excluding carboxylic acids is 4. The Kier molecular flexibility index (Phi) is 4.32. The van der Waals surface area contributed by atoms with Crippen LogP contribution in [0.15, 0.2) is 5.38 Å². The van der Waals surface area contributed by atoms with Gasteiger partial charge in [0, 0.05) is 18.3 Å². The lowest BCUT2D eigenvalue weighted by molar-refractivity contribution is -0.137. The second-order valence-electron chi connectivity index (χ2n) is 4.37. The molecule has 1 saturated heterocycles. The number of aromatic nitrogens is 1. The van der Waals surface area contributed by atoms with Gasteiger partial charge in [-0.05, 0) is 6.92 Å². The van der Waals surface area contributed by atoms with Gasteiger partial charge in [-0.3, -0.25) is 19.3 Å².